The van der Waals surface area contributed by atoms with Gasteiger partial charge in [0.15, 0.2) is 11.5 Å². The van der Waals surface area contributed by atoms with Crippen LogP contribution < -0.4 is 5.73 Å². The Hall–Kier alpha value is -0.930. The van der Waals surface area contributed by atoms with Gasteiger partial charge in [0.2, 0.25) is 0 Å². The summed E-state index contributed by atoms with van der Waals surface area (Å²) in [6, 6.07) is 2.89. The van der Waals surface area contributed by atoms with Crippen molar-refractivity contribution in [2.24, 2.45) is 5.73 Å². The Balaban J connectivity index is 2.61. The van der Waals surface area contributed by atoms with Crippen LogP contribution in [-0.4, -0.2) is 10.2 Å². The van der Waals surface area contributed by atoms with Crippen LogP contribution >= 0.6 is 11.6 Å². The molecule has 0 amide bonds. The minimum atomic E-state index is -0.528. The molecule has 3 nitrogen and oxygen atoms in total. The van der Waals surface area contributed by atoms with Gasteiger partial charge in [0.05, 0.1) is 0 Å². The minimum absolute atomic E-state index is 0.170. The van der Waals surface area contributed by atoms with Crippen molar-refractivity contribution in [3.05, 3.63) is 22.7 Å². The monoisotopic (exact) mass is 199 g/mol. The van der Waals surface area contributed by atoms with Gasteiger partial charge in [-0.05, 0) is 25.0 Å². The van der Waals surface area contributed by atoms with Crippen molar-refractivity contribution >= 4 is 11.6 Å². The van der Waals surface area contributed by atoms with Crippen molar-refractivity contribution in [1.82, 2.24) is 0 Å². The van der Waals surface area contributed by atoms with Crippen LogP contribution in [0.5, 0.6) is 11.5 Å². The molecule has 70 valence electrons. The van der Waals surface area contributed by atoms with Crippen LogP contribution in [0.25, 0.3) is 0 Å². The molecule has 4 heteroatoms. The summed E-state index contributed by atoms with van der Waals surface area (Å²) < 4.78 is 0. The standard InChI is InChI=1S/C9H10ClNO2/c10-5-1-2-6(12)8(13)7(5)9(11)3-4-9/h1-2,12-13H,3-4,11H2. The largest absolute Gasteiger partial charge is 0.504 e. The highest BCUT2D eigenvalue weighted by atomic mass is 35.5. The van der Waals surface area contributed by atoms with E-state index in [0.29, 0.717) is 10.6 Å². The van der Waals surface area contributed by atoms with Crippen molar-refractivity contribution in [1.29, 1.82) is 0 Å². The summed E-state index contributed by atoms with van der Waals surface area (Å²) in [6.45, 7) is 0. The molecule has 0 aliphatic heterocycles. The second-order valence-corrected chi connectivity index (χ2v) is 3.85. The molecule has 0 unspecified atom stereocenters. The van der Waals surface area contributed by atoms with Crippen molar-refractivity contribution in [3.63, 3.8) is 0 Å². The lowest BCUT2D eigenvalue weighted by atomic mass is 10.0. The molecular formula is C9H10ClNO2. The Bertz CT molecular complexity index is 361. The number of hydrogen-bond donors (Lipinski definition) is 3. The predicted octanol–water partition coefficient (Wildman–Crippen LogP) is 1.70. The van der Waals surface area contributed by atoms with E-state index in [-0.39, 0.29) is 11.5 Å². The molecule has 0 saturated heterocycles. The first-order valence-electron chi connectivity index (χ1n) is 4.04. The van der Waals surface area contributed by atoms with E-state index < -0.39 is 5.54 Å². The second kappa shape index (κ2) is 2.53. The molecule has 4 N–H and O–H groups in total. The average Bonchev–Trinajstić information content (AvgIpc) is 2.78. The van der Waals surface area contributed by atoms with Gasteiger partial charge < -0.3 is 15.9 Å². The number of halogens is 1. The zero-order chi connectivity index (χ0) is 9.64. The number of nitrogens with two attached hydrogens (primary N) is 1. The van der Waals surface area contributed by atoms with Gasteiger partial charge in [-0.15, -0.1) is 0 Å². The second-order valence-electron chi connectivity index (χ2n) is 3.45. The molecule has 0 spiro atoms. The van der Waals surface area contributed by atoms with E-state index in [2.05, 4.69) is 0 Å². The maximum absolute atomic E-state index is 9.54. The summed E-state index contributed by atoms with van der Waals surface area (Å²) in [5, 5.41) is 19.2. The first-order valence-corrected chi connectivity index (χ1v) is 4.42. The molecule has 1 aliphatic carbocycles. The molecule has 1 aromatic carbocycles. The molecule has 0 atom stereocenters. The van der Waals surface area contributed by atoms with Gasteiger partial charge in [0.1, 0.15) is 0 Å². The van der Waals surface area contributed by atoms with Crippen LogP contribution in [-0.2, 0) is 5.54 Å². The van der Waals surface area contributed by atoms with Crippen molar-refractivity contribution < 1.29 is 10.2 Å². The van der Waals surface area contributed by atoms with E-state index in [9.17, 15) is 10.2 Å². The molecule has 0 heterocycles. The summed E-state index contributed by atoms with van der Waals surface area (Å²) in [4.78, 5) is 0. The highest BCUT2D eigenvalue weighted by Gasteiger charge is 2.44. The highest BCUT2D eigenvalue weighted by Crippen LogP contribution is 2.51. The first kappa shape index (κ1) is 8.66. The summed E-state index contributed by atoms with van der Waals surface area (Å²) in [7, 11) is 0. The third kappa shape index (κ3) is 1.24. The average molecular weight is 200 g/mol. The lowest BCUT2D eigenvalue weighted by Crippen LogP contribution is -2.19. The molecule has 0 aromatic heterocycles. The molecule has 0 radical (unpaired) electrons. The molecule has 1 aliphatic rings. The third-order valence-electron chi connectivity index (χ3n) is 2.39. The van der Waals surface area contributed by atoms with E-state index in [1.54, 1.807) is 6.07 Å². The Morgan fingerprint density at radius 1 is 1.31 bits per heavy atom. The number of benzene rings is 1. The molecule has 1 saturated carbocycles. The van der Waals surface area contributed by atoms with Crippen LogP contribution in [0.3, 0.4) is 0 Å². The number of aromatic hydroxyl groups is 2. The van der Waals surface area contributed by atoms with Gasteiger partial charge >= 0.3 is 0 Å². The quantitative estimate of drug-likeness (QED) is 0.603. The van der Waals surface area contributed by atoms with Crippen molar-refractivity contribution in [2.75, 3.05) is 0 Å². The summed E-state index contributed by atoms with van der Waals surface area (Å²) >= 11 is 5.88. The van der Waals surface area contributed by atoms with E-state index in [1.807, 2.05) is 0 Å². The Labute approximate surface area is 80.8 Å². The third-order valence-corrected chi connectivity index (χ3v) is 2.71. The van der Waals surface area contributed by atoms with Crippen LogP contribution in [0.2, 0.25) is 5.02 Å². The maximum Gasteiger partial charge on any atom is 0.164 e. The number of phenols is 2. The Morgan fingerprint density at radius 3 is 2.46 bits per heavy atom. The van der Waals surface area contributed by atoms with Gasteiger partial charge in [0, 0.05) is 16.1 Å². The smallest absolute Gasteiger partial charge is 0.164 e. The lowest BCUT2D eigenvalue weighted by Gasteiger charge is -2.13. The Kier molecular flexibility index (Phi) is 1.68. The molecule has 0 bridgehead atoms. The van der Waals surface area contributed by atoms with Gasteiger partial charge in [0.25, 0.3) is 0 Å². The normalized spacial score (nSPS) is 18.6. The van der Waals surface area contributed by atoms with Gasteiger partial charge in [-0.3, -0.25) is 0 Å². The van der Waals surface area contributed by atoms with Crippen molar-refractivity contribution in [2.45, 2.75) is 18.4 Å². The van der Waals surface area contributed by atoms with Gasteiger partial charge in [-0.25, -0.2) is 0 Å². The molecule has 1 aromatic rings. The molecule has 1 fully saturated rings. The SMILES string of the molecule is NC1(c2c(Cl)ccc(O)c2O)CC1. The fraction of sp³-hybridized carbons (Fsp3) is 0.333. The van der Waals surface area contributed by atoms with Crippen LogP contribution in [0.15, 0.2) is 12.1 Å². The van der Waals surface area contributed by atoms with Crippen LogP contribution in [0.1, 0.15) is 18.4 Å². The van der Waals surface area contributed by atoms with E-state index in [0.717, 1.165) is 12.8 Å². The molecule has 13 heavy (non-hydrogen) atoms. The molecule has 2 rings (SSSR count). The highest BCUT2D eigenvalue weighted by molar-refractivity contribution is 6.31. The summed E-state index contributed by atoms with van der Waals surface area (Å²) in [5.74, 6) is -0.358. The summed E-state index contributed by atoms with van der Waals surface area (Å²) in [5.41, 5.74) is 5.82. The molecular weight excluding hydrogens is 190 g/mol. The fourth-order valence-electron chi connectivity index (χ4n) is 1.41. The summed E-state index contributed by atoms with van der Waals surface area (Å²) in [6.07, 6.45) is 1.59. The minimum Gasteiger partial charge on any atom is -0.504 e. The van der Waals surface area contributed by atoms with Gasteiger partial charge in [-0.2, -0.15) is 0 Å². The van der Waals surface area contributed by atoms with Crippen LogP contribution in [0, 0.1) is 0 Å². The lowest BCUT2D eigenvalue weighted by molar-refractivity contribution is 0.395. The van der Waals surface area contributed by atoms with E-state index in [4.69, 9.17) is 17.3 Å². The maximum atomic E-state index is 9.54. The van der Waals surface area contributed by atoms with Crippen molar-refractivity contribution in [3.8, 4) is 11.5 Å². The van der Waals surface area contributed by atoms with Gasteiger partial charge in [-0.1, -0.05) is 11.6 Å². The Morgan fingerprint density at radius 2 is 1.92 bits per heavy atom. The number of hydrogen-bond acceptors (Lipinski definition) is 3. The number of rotatable bonds is 1. The van der Waals surface area contributed by atoms with E-state index >= 15 is 0 Å². The number of phenolic OH excluding ortho intramolecular Hbond substituents is 2. The topological polar surface area (TPSA) is 66.5 Å². The van der Waals surface area contributed by atoms with E-state index in [1.165, 1.54) is 6.07 Å². The zero-order valence-corrected chi connectivity index (χ0v) is 7.67. The zero-order valence-electron chi connectivity index (χ0n) is 6.92. The van der Waals surface area contributed by atoms with Crippen LogP contribution in [0.4, 0.5) is 0 Å². The predicted molar refractivity (Wildman–Crippen MR) is 49.9 cm³/mol. The first-order chi connectivity index (χ1) is 6.04. The fourth-order valence-corrected chi connectivity index (χ4v) is 1.75.